The van der Waals surface area contributed by atoms with Crippen molar-refractivity contribution in [3.05, 3.63) is 29.6 Å². The molecule has 24 heavy (non-hydrogen) atoms. The van der Waals surface area contributed by atoms with Crippen LogP contribution in [0.2, 0.25) is 0 Å². The summed E-state index contributed by atoms with van der Waals surface area (Å²) in [5.41, 5.74) is 0.706. The Balaban J connectivity index is 1.85. The average Bonchev–Trinajstić information content (AvgIpc) is 2.62. The van der Waals surface area contributed by atoms with Crippen LogP contribution >= 0.6 is 0 Å². The van der Waals surface area contributed by atoms with Gasteiger partial charge in [0.05, 0.1) is 13.2 Å². The van der Waals surface area contributed by atoms with Crippen molar-refractivity contribution in [1.29, 1.82) is 0 Å². The predicted octanol–water partition coefficient (Wildman–Crippen LogP) is 0.672. The van der Waals surface area contributed by atoms with Crippen molar-refractivity contribution >= 4 is 11.8 Å². The van der Waals surface area contributed by atoms with Gasteiger partial charge in [-0.05, 0) is 25.5 Å². The molecule has 2 N–H and O–H groups in total. The number of nitrogens with one attached hydrogen (secondary N) is 2. The fourth-order valence-corrected chi connectivity index (χ4v) is 2.35. The van der Waals surface area contributed by atoms with Gasteiger partial charge in [0, 0.05) is 44.0 Å². The number of carbonyl (C=O) groups is 2. The molecule has 2 rings (SSSR count). The number of amides is 2. The van der Waals surface area contributed by atoms with Gasteiger partial charge in [-0.25, -0.2) is 0 Å². The SMILES string of the molecule is CCC(C)NC(=O)c1ccnc(C(=O)NCCN2CCOCC2)c1. The van der Waals surface area contributed by atoms with Gasteiger partial charge in [0.1, 0.15) is 5.69 Å². The van der Waals surface area contributed by atoms with E-state index in [1.165, 1.54) is 12.3 Å². The van der Waals surface area contributed by atoms with Gasteiger partial charge < -0.3 is 15.4 Å². The van der Waals surface area contributed by atoms with Gasteiger partial charge in [-0.1, -0.05) is 6.92 Å². The molecule has 2 heterocycles. The van der Waals surface area contributed by atoms with E-state index in [0.29, 0.717) is 12.1 Å². The summed E-state index contributed by atoms with van der Waals surface area (Å²) in [4.78, 5) is 30.6. The van der Waals surface area contributed by atoms with Crippen LogP contribution in [0.1, 0.15) is 41.1 Å². The number of hydrogen-bond acceptors (Lipinski definition) is 5. The Hall–Kier alpha value is -1.99. The maximum Gasteiger partial charge on any atom is 0.269 e. The highest BCUT2D eigenvalue weighted by molar-refractivity contribution is 5.98. The Labute approximate surface area is 142 Å². The molecular weight excluding hydrogens is 308 g/mol. The van der Waals surface area contributed by atoms with Crippen LogP contribution in [0.3, 0.4) is 0 Å². The summed E-state index contributed by atoms with van der Waals surface area (Å²) in [5.74, 6) is -0.449. The first-order valence-electron chi connectivity index (χ1n) is 8.45. The molecule has 1 aromatic rings. The molecule has 132 valence electrons. The van der Waals surface area contributed by atoms with Gasteiger partial charge in [-0.2, -0.15) is 0 Å². The zero-order chi connectivity index (χ0) is 17.4. The molecule has 0 spiro atoms. The van der Waals surface area contributed by atoms with Crippen molar-refractivity contribution in [2.24, 2.45) is 0 Å². The minimum absolute atomic E-state index is 0.0939. The molecule has 1 fully saturated rings. The third-order valence-corrected chi connectivity index (χ3v) is 4.06. The molecule has 0 aliphatic carbocycles. The minimum atomic E-state index is -0.263. The molecule has 1 atom stereocenters. The Morgan fingerprint density at radius 3 is 2.79 bits per heavy atom. The lowest BCUT2D eigenvalue weighted by molar-refractivity contribution is 0.0383. The van der Waals surface area contributed by atoms with E-state index >= 15 is 0 Å². The minimum Gasteiger partial charge on any atom is -0.379 e. The van der Waals surface area contributed by atoms with Crippen LogP contribution in [-0.2, 0) is 4.74 Å². The van der Waals surface area contributed by atoms with Crippen LogP contribution in [-0.4, -0.2) is 67.1 Å². The first-order chi connectivity index (χ1) is 11.6. The van der Waals surface area contributed by atoms with Crippen molar-refractivity contribution in [3.63, 3.8) is 0 Å². The number of carbonyl (C=O) groups excluding carboxylic acids is 2. The third-order valence-electron chi connectivity index (χ3n) is 4.06. The molecule has 1 aliphatic heterocycles. The summed E-state index contributed by atoms with van der Waals surface area (Å²) in [6.45, 7) is 8.53. The Bertz CT molecular complexity index is 559. The van der Waals surface area contributed by atoms with Gasteiger partial charge in [0.15, 0.2) is 0 Å². The topological polar surface area (TPSA) is 83.6 Å². The van der Waals surface area contributed by atoms with Crippen LogP contribution in [0.5, 0.6) is 0 Å². The molecule has 1 aromatic heterocycles. The fourth-order valence-electron chi connectivity index (χ4n) is 2.35. The maximum atomic E-state index is 12.2. The number of pyridine rings is 1. The number of nitrogens with zero attached hydrogens (tertiary/aromatic N) is 2. The summed E-state index contributed by atoms with van der Waals surface area (Å²) in [5, 5.41) is 5.73. The molecule has 2 amide bonds. The van der Waals surface area contributed by atoms with Crippen molar-refractivity contribution in [3.8, 4) is 0 Å². The Kier molecular flexibility index (Phi) is 7.14. The summed E-state index contributed by atoms with van der Waals surface area (Å²) in [6.07, 6.45) is 2.34. The van der Waals surface area contributed by atoms with E-state index in [9.17, 15) is 9.59 Å². The molecule has 0 aromatic carbocycles. The molecule has 0 bridgehead atoms. The van der Waals surface area contributed by atoms with Crippen molar-refractivity contribution < 1.29 is 14.3 Å². The van der Waals surface area contributed by atoms with Gasteiger partial charge >= 0.3 is 0 Å². The first-order valence-corrected chi connectivity index (χ1v) is 8.45. The highest BCUT2D eigenvalue weighted by Crippen LogP contribution is 2.03. The average molecular weight is 334 g/mol. The normalized spacial score (nSPS) is 16.4. The van der Waals surface area contributed by atoms with Gasteiger partial charge in [0.25, 0.3) is 11.8 Å². The van der Waals surface area contributed by atoms with E-state index in [0.717, 1.165) is 39.3 Å². The Morgan fingerprint density at radius 1 is 1.33 bits per heavy atom. The number of aromatic nitrogens is 1. The molecule has 1 saturated heterocycles. The standard InChI is InChI=1S/C17H26N4O3/c1-3-13(2)20-16(22)14-4-5-18-15(12-14)17(23)19-6-7-21-8-10-24-11-9-21/h4-5,12-13H,3,6-11H2,1-2H3,(H,19,23)(H,20,22). The Morgan fingerprint density at radius 2 is 2.08 bits per heavy atom. The lowest BCUT2D eigenvalue weighted by Crippen LogP contribution is -2.41. The summed E-state index contributed by atoms with van der Waals surface area (Å²) in [7, 11) is 0. The van der Waals surface area contributed by atoms with Crippen LogP contribution < -0.4 is 10.6 Å². The van der Waals surface area contributed by atoms with E-state index in [2.05, 4.69) is 20.5 Å². The van der Waals surface area contributed by atoms with E-state index in [1.807, 2.05) is 13.8 Å². The van der Waals surface area contributed by atoms with E-state index in [1.54, 1.807) is 6.07 Å². The molecule has 0 radical (unpaired) electrons. The second-order valence-corrected chi connectivity index (χ2v) is 5.92. The maximum absolute atomic E-state index is 12.2. The fraction of sp³-hybridized carbons (Fsp3) is 0.588. The molecule has 1 aliphatic rings. The van der Waals surface area contributed by atoms with E-state index in [4.69, 9.17) is 4.74 Å². The lowest BCUT2D eigenvalue weighted by Gasteiger charge is -2.26. The second-order valence-electron chi connectivity index (χ2n) is 5.92. The first kappa shape index (κ1) is 18.4. The van der Waals surface area contributed by atoms with Crippen molar-refractivity contribution in [2.45, 2.75) is 26.3 Å². The number of morpholine rings is 1. The number of rotatable bonds is 7. The second kappa shape index (κ2) is 9.34. The van der Waals surface area contributed by atoms with Crippen LogP contribution in [0.15, 0.2) is 18.3 Å². The smallest absolute Gasteiger partial charge is 0.269 e. The lowest BCUT2D eigenvalue weighted by atomic mass is 10.2. The number of ether oxygens (including phenoxy) is 1. The van der Waals surface area contributed by atoms with Crippen molar-refractivity contribution in [2.75, 3.05) is 39.4 Å². The van der Waals surface area contributed by atoms with Crippen LogP contribution in [0.25, 0.3) is 0 Å². The summed E-state index contributed by atoms with van der Waals surface area (Å²) >= 11 is 0. The largest absolute Gasteiger partial charge is 0.379 e. The van der Waals surface area contributed by atoms with Crippen LogP contribution in [0, 0.1) is 0 Å². The van der Waals surface area contributed by atoms with Crippen molar-refractivity contribution in [1.82, 2.24) is 20.5 Å². The summed E-state index contributed by atoms with van der Waals surface area (Å²) in [6, 6.07) is 3.24. The summed E-state index contributed by atoms with van der Waals surface area (Å²) < 4.78 is 5.29. The predicted molar refractivity (Wildman–Crippen MR) is 91.0 cm³/mol. The zero-order valence-corrected chi connectivity index (χ0v) is 14.4. The highest BCUT2D eigenvalue weighted by atomic mass is 16.5. The third kappa shape index (κ3) is 5.58. The molecule has 1 unspecified atom stereocenters. The van der Waals surface area contributed by atoms with Gasteiger partial charge in [0.2, 0.25) is 0 Å². The van der Waals surface area contributed by atoms with E-state index < -0.39 is 0 Å². The zero-order valence-electron chi connectivity index (χ0n) is 14.4. The van der Waals surface area contributed by atoms with Gasteiger partial charge in [-0.3, -0.25) is 19.5 Å². The van der Waals surface area contributed by atoms with Crippen LogP contribution in [0.4, 0.5) is 0 Å². The monoisotopic (exact) mass is 334 g/mol. The quantitative estimate of drug-likeness (QED) is 0.766. The molecule has 0 saturated carbocycles. The molecule has 7 nitrogen and oxygen atoms in total. The molecule has 7 heteroatoms. The molecular formula is C17H26N4O3. The highest BCUT2D eigenvalue weighted by Gasteiger charge is 2.14. The van der Waals surface area contributed by atoms with Gasteiger partial charge in [-0.15, -0.1) is 0 Å². The number of hydrogen-bond donors (Lipinski definition) is 2. The van der Waals surface area contributed by atoms with E-state index in [-0.39, 0.29) is 23.6 Å².